The predicted octanol–water partition coefficient (Wildman–Crippen LogP) is 2.98. The number of sulfonamides is 1. The number of rotatable bonds is 7. The van der Waals surface area contributed by atoms with Gasteiger partial charge in [0.05, 0.1) is 21.5 Å². The van der Waals surface area contributed by atoms with Gasteiger partial charge in [-0.3, -0.25) is 9.52 Å². The number of fused-ring (bicyclic) bond motifs is 1. The minimum absolute atomic E-state index is 0.0651. The number of hydrogen-bond donors (Lipinski definition) is 4. The van der Waals surface area contributed by atoms with Gasteiger partial charge in [0.2, 0.25) is 0 Å². The van der Waals surface area contributed by atoms with Gasteiger partial charge in [0.25, 0.3) is 15.9 Å². The van der Waals surface area contributed by atoms with Crippen LogP contribution in [0.3, 0.4) is 0 Å². The van der Waals surface area contributed by atoms with Gasteiger partial charge < -0.3 is 20.0 Å². The molecular formula is C23H19FN4O6S. The molecule has 4 N–H and O–H groups in total. The first-order chi connectivity index (χ1) is 16.6. The second-order valence-corrected chi connectivity index (χ2v) is 9.20. The van der Waals surface area contributed by atoms with Crippen LogP contribution in [0.2, 0.25) is 0 Å². The van der Waals surface area contributed by atoms with E-state index in [0.717, 1.165) is 0 Å². The molecule has 0 bridgehead atoms. The molecule has 1 heterocycles. The zero-order valence-electron chi connectivity index (χ0n) is 18.2. The number of benzene rings is 3. The molecule has 10 nitrogen and oxygen atoms in total. The summed E-state index contributed by atoms with van der Waals surface area (Å²) in [5.74, 6) is -1.84. The minimum atomic E-state index is -3.97. The van der Waals surface area contributed by atoms with E-state index in [1.54, 1.807) is 0 Å². The first-order valence-corrected chi connectivity index (χ1v) is 11.7. The molecule has 180 valence electrons. The summed E-state index contributed by atoms with van der Waals surface area (Å²) >= 11 is 0. The maximum atomic E-state index is 13.0. The molecule has 0 radical (unpaired) electrons. The number of nitrogens with one attached hydrogen (secondary N) is 4. The fourth-order valence-electron chi connectivity index (χ4n) is 3.13. The zero-order chi connectivity index (χ0) is 25.2. The van der Waals surface area contributed by atoms with Gasteiger partial charge in [-0.05, 0) is 73.7 Å². The van der Waals surface area contributed by atoms with Crippen LogP contribution in [0.5, 0.6) is 0 Å². The molecule has 0 fully saturated rings. The molecule has 0 aliphatic heterocycles. The second-order valence-electron chi connectivity index (χ2n) is 7.51. The van der Waals surface area contributed by atoms with Gasteiger partial charge in [-0.25, -0.2) is 22.4 Å². The highest BCUT2D eigenvalue weighted by atomic mass is 32.2. The van der Waals surface area contributed by atoms with E-state index in [2.05, 4.69) is 20.0 Å². The third kappa shape index (κ3) is 5.55. The highest BCUT2D eigenvalue weighted by Gasteiger charge is 2.20. The molecule has 1 unspecified atom stereocenters. The lowest BCUT2D eigenvalue weighted by Gasteiger charge is -2.14. The third-order valence-corrected chi connectivity index (χ3v) is 6.31. The number of carbonyl (C=O) groups is 2. The number of amides is 1. The Morgan fingerprint density at radius 1 is 0.914 bits per heavy atom. The Hall–Kier alpha value is -4.45. The lowest BCUT2D eigenvalue weighted by molar-refractivity contribution is -0.123. The molecule has 1 amide bonds. The van der Waals surface area contributed by atoms with Gasteiger partial charge in [-0.2, -0.15) is 0 Å². The summed E-state index contributed by atoms with van der Waals surface area (Å²) in [5.41, 5.74) is 0.989. The molecule has 0 saturated heterocycles. The number of H-pyrrole nitrogens is 2. The van der Waals surface area contributed by atoms with Crippen molar-refractivity contribution in [1.82, 2.24) is 9.97 Å². The molecule has 0 saturated carbocycles. The van der Waals surface area contributed by atoms with Gasteiger partial charge in [0.15, 0.2) is 6.10 Å². The van der Waals surface area contributed by atoms with Crippen molar-refractivity contribution in [3.8, 4) is 0 Å². The van der Waals surface area contributed by atoms with Crippen molar-refractivity contribution in [2.24, 2.45) is 0 Å². The molecule has 1 aromatic heterocycles. The summed E-state index contributed by atoms with van der Waals surface area (Å²) < 4.78 is 45.9. The average molecular weight is 498 g/mol. The minimum Gasteiger partial charge on any atom is -0.449 e. The molecule has 12 heteroatoms. The van der Waals surface area contributed by atoms with E-state index in [1.165, 1.54) is 73.7 Å². The van der Waals surface area contributed by atoms with Crippen LogP contribution in [0.1, 0.15) is 17.3 Å². The summed E-state index contributed by atoms with van der Waals surface area (Å²) in [7, 11) is -3.97. The maximum absolute atomic E-state index is 13.0. The molecular weight excluding hydrogens is 479 g/mol. The fourth-order valence-corrected chi connectivity index (χ4v) is 4.21. The Labute approximate surface area is 198 Å². The van der Waals surface area contributed by atoms with Crippen LogP contribution in [0.4, 0.5) is 15.8 Å². The summed E-state index contributed by atoms with van der Waals surface area (Å²) in [6, 6.07) is 14.7. The number of aromatic nitrogens is 2. The molecule has 4 rings (SSSR count). The maximum Gasteiger partial charge on any atom is 0.338 e. The molecule has 4 aromatic rings. The van der Waals surface area contributed by atoms with Crippen molar-refractivity contribution in [1.29, 1.82) is 0 Å². The monoisotopic (exact) mass is 498 g/mol. The van der Waals surface area contributed by atoms with Crippen molar-refractivity contribution >= 4 is 44.3 Å². The molecule has 1 atom stereocenters. The van der Waals surface area contributed by atoms with E-state index < -0.39 is 39.5 Å². The Bertz CT molecular complexity index is 1560. The van der Waals surface area contributed by atoms with Crippen LogP contribution in [-0.4, -0.2) is 36.4 Å². The molecule has 0 spiro atoms. The van der Waals surface area contributed by atoms with E-state index in [-0.39, 0.29) is 16.1 Å². The second kappa shape index (κ2) is 9.43. The largest absolute Gasteiger partial charge is 0.449 e. The molecule has 3 aromatic carbocycles. The van der Waals surface area contributed by atoms with E-state index in [0.29, 0.717) is 16.7 Å². The summed E-state index contributed by atoms with van der Waals surface area (Å²) in [5, 5.41) is 2.51. The van der Waals surface area contributed by atoms with Crippen LogP contribution < -0.4 is 15.7 Å². The van der Waals surface area contributed by atoms with E-state index in [9.17, 15) is 27.2 Å². The number of halogens is 1. The van der Waals surface area contributed by atoms with E-state index in [1.807, 2.05) is 0 Å². The Morgan fingerprint density at radius 2 is 1.54 bits per heavy atom. The van der Waals surface area contributed by atoms with Crippen molar-refractivity contribution in [2.75, 3.05) is 10.0 Å². The van der Waals surface area contributed by atoms with Crippen molar-refractivity contribution in [3.63, 3.8) is 0 Å². The van der Waals surface area contributed by atoms with Crippen LogP contribution in [0.15, 0.2) is 76.4 Å². The molecule has 0 aliphatic rings. The summed E-state index contributed by atoms with van der Waals surface area (Å²) in [6.45, 7) is 1.38. The number of hydrogen-bond acceptors (Lipinski definition) is 6. The van der Waals surface area contributed by atoms with Gasteiger partial charge >= 0.3 is 11.7 Å². The smallest absolute Gasteiger partial charge is 0.338 e. The number of ether oxygens (including phenoxy) is 1. The van der Waals surface area contributed by atoms with Gasteiger partial charge in [-0.1, -0.05) is 0 Å². The first kappa shape index (κ1) is 23.7. The zero-order valence-corrected chi connectivity index (χ0v) is 19.0. The number of carbonyl (C=O) groups excluding carboxylic acids is 2. The standard InChI is InChI=1S/C23H19FN4O6S/c1-13(21(29)25-16-8-4-15(24)5-9-16)34-22(30)14-2-6-17(7-3-14)28-35(32,33)18-10-11-19-20(12-18)27-23(31)26-19/h2-13,28H,1H3,(H,25,29)(H2,26,27,31). The fraction of sp³-hybridized carbons (Fsp3) is 0.0870. The summed E-state index contributed by atoms with van der Waals surface area (Å²) in [6.07, 6.45) is -1.14. The number of esters is 1. The topological polar surface area (TPSA) is 150 Å². The Morgan fingerprint density at radius 3 is 2.23 bits per heavy atom. The van der Waals surface area contributed by atoms with Gasteiger partial charge in [-0.15, -0.1) is 0 Å². The summed E-state index contributed by atoms with van der Waals surface area (Å²) in [4.78, 5) is 40.9. The van der Waals surface area contributed by atoms with Crippen LogP contribution in [0, 0.1) is 5.82 Å². The van der Waals surface area contributed by atoms with Crippen LogP contribution in [0.25, 0.3) is 11.0 Å². The number of aromatic amines is 2. The highest BCUT2D eigenvalue weighted by molar-refractivity contribution is 7.92. The van der Waals surface area contributed by atoms with Gasteiger partial charge in [0, 0.05) is 11.4 Å². The normalized spacial score (nSPS) is 12.2. The SMILES string of the molecule is CC(OC(=O)c1ccc(NS(=O)(=O)c2ccc3[nH]c(=O)[nH]c3c2)cc1)C(=O)Nc1ccc(F)cc1. The lowest BCUT2D eigenvalue weighted by Crippen LogP contribution is -2.30. The molecule has 35 heavy (non-hydrogen) atoms. The Kier molecular flexibility index (Phi) is 6.38. The van der Waals surface area contributed by atoms with Gasteiger partial charge in [0.1, 0.15) is 5.82 Å². The predicted molar refractivity (Wildman–Crippen MR) is 126 cm³/mol. The number of anilines is 2. The third-order valence-electron chi connectivity index (χ3n) is 4.94. The molecule has 0 aliphatic carbocycles. The van der Waals surface area contributed by atoms with Crippen molar-refractivity contribution in [2.45, 2.75) is 17.9 Å². The average Bonchev–Trinajstić information content (AvgIpc) is 3.20. The van der Waals surface area contributed by atoms with Crippen LogP contribution in [-0.2, 0) is 19.6 Å². The Balaban J connectivity index is 1.39. The highest BCUT2D eigenvalue weighted by Crippen LogP contribution is 2.20. The van der Waals surface area contributed by atoms with Crippen molar-refractivity contribution < 1.29 is 27.1 Å². The van der Waals surface area contributed by atoms with E-state index in [4.69, 9.17) is 4.74 Å². The van der Waals surface area contributed by atoms with E-state index >= 15 is 0 Å². The van der Waals surface area contributed by atoms with Crippen molar-refractivity contribution in [3.05, 3.63) is 88.6 Å². The quantitative estimate of drug-likeness (QED) is 0.288. The number of imidazole rings is 1. The first-order valence-electron chi connectivity index (χ1n) is 10.2. The lowest BCUT2D eigenvalue weighted by atomic mass is 10.2. The van der Waals surface area contributed by atoms with Crippen LogP contribution >= 0.6 is 0 Å².